The van der Waals surface area contributed by atoms with Gasteiger partial charge < -0.3 is 0 Å². The summed E-state index contributed by atoms with van der Waals surface area (Å²) in [5, 5.41) is 0. The Bertz CT molecular complexity index is 199. The zero-order valence-electron chi connectivity index (χ0n) is 7.77. The van der Waals surface area contributed by atoms with Crippen molar-refractivity contribution < 1.29 is 18.0 Å². The van der Waals surface area contributed by atoms with E-state index in [1.165, 1.54) is 0 Å². The first-order chi connectivity index (χ1) is 6.49. The van der Waals surface area contributed by atoms with Crippen molar-refractivity contribution in [2.75, 3.05) is 5.75 Å². The lowest BCUT2D eigenvalue weighted by atomic mass is 10.1. The van der Waals surface area contributed by atoms with Gasteiger partial charge >= 0.3 is 5.51 Å². The quantitative estimate of drug-likeness (QED) is 0.646. The van der Waals surface area contributed by atoms with Crippen LogP contribution in [0, 0.1) is 5.92 Å². The first-order valence-corrected chi connectivity index (χ1v) is 5.71. The maximum absolute atomic E-state index is 11.7. The normalized spacial score (nSPS) is 17.1. The molecule has 0 spiro atoms. The van der Waals surface area contributed by atoms with Gasteiger partial charge in [0.05, 0.1) is 0 Å². The van der Waals surface area contributed by atoms with Gasteiger partial charge in [0, 0.05) is 18.1 Å². The monoisotopic (exact) mass is 226 g/mol. The minimum Gasteiger partial charge on any atom is -0.299 e. The lowest BCUT2D eigenvalue weighted by Crippen LogP contribution is -2.03. The fraction of sp³-hybridized carbons (Fsp3) is 0.889. The molecular formula is C9H13F3OS. The summed E-state index contributed by atoms with van der Waals surface area (Å²) >= 11 is -0.00204. The van der Waals surface area contributed by atoms with Crippen LogP contribution in [0.25, 0.3) is 0 Å². The molecule has 1 nitrogen and oxygen atoms in total. The molecule has 1 rings (SSSR count). The molecule has 0 N–H and O–H groups in total. The second kappa shape index (κ2) is 5.05. The van der Waals surface area contributed by atoms with E-state index in [2.05, 4.69) is 0 Å². The van der Waals surface area contributed by atoms with Crippen molar-refractivity contribution in [1.29, 1.82) is 0 Å². The number of thioether (sulfide) groups is 1. The van der Waals surface area contributed by atoms with Crippen LogP contribution >= 0.6 is 11.8 Å². The Kier molecular flexibility index (Phi) is 4.29. The van der Waals surface area contributed by atoms with E-state index in [9.17, 15) is 18.0 Å². The van der Waals surface area contributed by atoms with Gasteiger partial charge in [0.1, 0.15) is 5.78 Å². The van der Waals surface area contributed by atoms with E-state index >= 15 is 0 Å². The van der Waals surface area contributed by atoms with Gasteiger partial charge in [0.25, 0.3) is 0 Å². The molecule has 0 radical (unpaired) electrons. The maximum atomic E-state index is 11.7. The highest BCUT2D eigenvalue weighted by Gasteiger charge is 2.29. The summed E-state index contributed by atoms with van der Waals surface area (Å²) in [6.45, 7) is 0. The first-order valence-electron chi connectivity index (χ1n) is 4.72. The van der Waals surface area contributed by atoms with Crippen LogP contribution in [-0.4, -0.2) is 17.0 Å². The molecule has 0 aromatic carbocycles. The Morgan fingerprint density at radius 3 is 2.43 bits per heavy atom. The predicted octanol–water partition coefficient (Wildman–Crippen LogP) is 3.39. The van der Waals surface area contributed by atoms with Gasteiger partial charge in [-0.1, -0.05) is 11.8 Å². The number of ketones is 1. The van der Waals surface area contributed by atoms with Gasteiger partial charge in [-0.2, -0.15) is 13.2 Å². The second-order valence-corrected chi connectivity index (χ2v) is 4.65. The van der Waals surface area contributed by atoms with Crippen LogP contribution in [-0.2, 0) is 4.79 Å². The van der Waals surface area contributed by atoms with Crippen molar-refractivity contribution in [1.82, 2.24) is 0 Å². The molecule has 1 saturated carbocycles. The third-order valence-corrected chi connectivity index (χ3v) is 2.94. The molecule has 0 bridgehead atoms. The highest BCUT2D eigenvalue weighted by molar-refractivity contribution is 8.00. The van der Waals surface area contributed by atoms with Crippen molar-refractivity contribution in [3.05, 3.63) is 0 Å². The van der Waals surface area contributed by atoms with Crippen molar-refractivity contribution in [2.24, 2.45) is 5.92 Å². The number of alkyl halides is 3. The molecule has 0 atom stereocenters. The largest absolute Gasteiger partial charge is 0.441 e. The smallest absolute Gasteiger partial charge is 0.299 e. The summed E-state index contributed by atoms with van der Waals surface area (Å²) in [6.07, 6.45) is 3.50. The number of hydrogen-bond acceptors (Lipinski definition) is 2. The van der Waals surface area contributed by atoms with Crippen molar-refractivity contribution in [3.63, 3.8) is 0 Å². The summed E-state index contributed by atoms with van der Waals surface area (Å²) in [7, 11) is 0. The Hall–Kier alpha value is -0.190. The van der Waals surface area contributed by atoms with Crippen LogP contribution in [0.2, 0.25) is 0 Å². The summed E-state index contributed by atoms with van der Waals surface area (Å²) in [6, 6.07) is 0. The average molecular weight is 226 g/mol. The van der Waals surface area contributed by atoms with Crippen molar-refractivity contribution in [2.45, 2.75) is 37.6 Å². The topological polar surface area (TPSA) is 17.1 Å². The molecule has 0 aromatic rings. The lowest BCUT2D eigenvalue weighted by molar-refractivity contribution is -0.120. The van der Waals surface area contributed by atoms with E-state index < -0.39 is 5.51 Å². The van der Waals surface area contributed by atoms with Crippen LogP contribution in [0.3, 0.4) is 0 Å². The molecular weight excluding hydrogens is 213 g/mol. The number of hydrogen-bond donors (Lipinski definition) is 0. The molecule has 1 aliphatic rings. The molecule has 0 unspecified atom stereocenters. The molecule has 14 heavy (non-hydrogen) atoms. The summed E-state index contributed by atoms with van der Waals surface area (Å²) in [5.74, 6) is 0.550. The van der Waals surface area contributed by atoms with Gasteiger partial charge in [-0.15, -0.1) is 0 Å². The molecule has 1 fully saturated rings. The average Bonchev–Trinajstić information content (AvgIpc) is 2.83. The van der Waals surface area contributed by atoms with Crippen LogP contribution in [0.15, 0.2) is 0 Å². The Morgan fingerprint density at radius 1 is 1.29 bits per heavy atom. The SMILES string of the molecule is O=C(CCCCSC(F)(F)F)C1CC1. The van der Waals surface area contributed by atoms with E-state index in [0.717, 1.165) is 12.8 Å². The van der Waals surface area contributed by atoms with Gasteiger partial charge in [-0.05, 0) is 25.7 Å². The molecule has 0 heterocycles. The van der Waals surface area contributed by atoms with Gasteiger partial charge in [-0.25, -0.2) is 0 Å². The minimum atomic E-state index is -4.12. The van der Waals surface area contributed by atoms with Crippen molar-refractivity contribution >= 4 is 17.5 Å². The zero-order chi connectivity index (χ0) is 10.6. The molecule has 0 aromatic heterocycles. The van der Waals surface area contributed by atoms with Gasteiger partial charge in [0.15, 0.2) is 0 Å². The minimum absolute atomic E-state index is 0.00204. The molecule has 82 valence electrons. The first kappa shape index (κ1) is 11.9. The number of Topliss-reactive ketones (excluding diaryl/α,β-unsaturated/α-hetero) is 1. The van der Waals surface area contributed by atoms with E-state index in [1.54, 1.807) is 0 Å². The summed E-state index contributed by atoms with van der Waals surface area (Å²) in [4.78, 5) is 11.1. The van der Waals surface area contributed by atoms with Crippen LogP contribution < -0.4 is 0 Å². The number of halogens is 3. The molecule has 5 heteroatoms. The van der Waals surface area contributed by atoms with E-state index in [4.69, 9.17) is 0 Å². The van der Waals surface area contributed by atoms with Gasteiger partial charge in [0.2, 0.25) is 0 Å². The molecule has 0 saturated heterocycles. The highest BCUT2D eigenvalue weighted by Crippen LogP contribution is 2.33. The number of carbonyl (C=O) groups is 1. The molecule has 0 amide bonds. The van der Waals surface area contributed by atoms with Crippen LogP contribution in [0.1, 0.15) is 32.1 Å². The number of carbonyl (C=O) groups excluding carboxylic acids is 1. The fourth-order valence-electron chi connectivity index (χ4n) is 1.20. The molecule has 1 aliphatic carbocycles. The molecule has 0 aliphatic heterocycles. The van der Waals surface area contributed by atoms with E-state index in [-0.39, 0.29) is 29.2 Å². The zero-order valence-corrected chi connectivity index (χ0v) is 8.59. The highest BCUT2D eigenvalue weighted by atomic mass is 32.2. The van der Waals surface area contributed by atoms with Gasteiger partial charge in [-0.3, -0.25) is 4.79 Å². The van der Waals surface area contributed by atoms with Crippen molar-refractivity contribution in [3.8, 4) is 0 Å². The summed E-state index contributed by atoms with van der Waals surface area (Å²) < 4.78 is 35.0. The van der Waals surface area contributed by atoms with E-state index in [0.29, 0.717) is 19.3 Å². The number of unbranched alkanes of at least 4 members (excludes halogenated alkanes) is 1. The maximum Gasteiger partial charge on any atom is 0.441 e. The Labute approximate surface area is 85.4 Å². The third kappa shape index (κ3) is 5.52. The Morgan fingerprint density at radius 2 is 1.93 bits per heavy atom. The standard InChI is InChI=1S/C9H13F3OS/c10-9(11,12)14-6-2-1-3-8(13)7-4-5-7/h7H,1-6H2. The predicted molar refractivity (Wildman–Crippen MR) is 50.1 cm³/mol. The fourth-order valence-corrected chi connectivity index (χ4v) is 1.78. The third-order valence-electron chi connectivity index (χ3n) is 2.12. The Balaban J connectivity index is 1.91. The number of rotatable bonds is 6. The van der Waals surface area contributed by atoms with Crippen LogP contribution in [0.5, 0.6) is 0 Å². The van der Waals surface area contributed by atoms with E-state index in [1.807, 2.05) is 0 Å². The lowest BCUT2D eigenvalue weighted by Gasteiger charge is -2.04. The summed E-state index contributed by atoms with van der Waals surface area (Å²) in [5.41, 5.74) is -4.12. The second-order valence-electron chi connectivity index (χ2n) is 3.49. The van der Waals surface area contributed by atoms with Crippen LogP contribution in [0.4, 0.5) is 13.2 Å².